The monoisotopic (exact) mass is 236 g/mol. The van der Waals surface area contributed by atoms with E-state index in [1.54, 1.807) is 0 Å². The summed E-state index contributed by atoms with van der Waals surface area (Å²) in [5.74, 6) is 0.433. The molecule has 17 heavy (non-hydrogen) atoms. The molecule has 1 rings (SSSR count). The van der Waals surface area contributed by atoms with E-state index in [1.807, 2.05) is 11.8 Å². The van der Waals surface area contributed by atoms with Crippen LogP contribution in [0.4, 0.5) is 0 Å². The number of piperidine rings is 1. The van der Waals surface area contributed by atoms with Crippen LogP contribution in [0.25, 0.3) is 0 Å². The van der Waals surface area contributed by atoms with Gasteiger partial charge in [-0.2, -0.15) is 5.26 Å². The molecule has 0 aromatic carbocycles. The number of carbonyl (C=O) groups excluding carboxylic acids is 1. The van der Waals surface area contributed by atoms with E-state index in [9.17, 15) is 4.79 Å². The first-order valence-corrected chi connectivity index (χ1v) is 6.91. The number of hydrogen-bond acceptors (Lipinski definition) is 2. The fourth-order valence-corrected chi connectivity index (χ4v) is 2.60. The number of nitriles is 1. The van der Waals surface area contributed by atoms with Crippen molar-refractivity contribution in [3.63, 3.8) is 0 Å². The van der Waals surface area contributed by atoms with E-state index in [0.29, 0.717) is 6.42 Å². The third kappa shape index (κ3) is 4.03. The Morgan fingerprint density at radius 3 is 2.47 bits per heavy atom. The summed E-state index contributed by atoms with van der Waals surface area (Å²) in [6, 6.07) is 2.15. The summed E-state index contributed by atoms with van der Waals surface area (Å²) in [4.78, 5) is 14.0. The molecule has 3 nitrogen and oxygen atoms in total. The molecule has 0 bridgehead atoms. The first-order chi connectivity index (χ1) is 8.22. The summed E-state index contributed by atoms with van der Waals surface area (Å²) in [7, 11) is 0. The summed E-state index contributed by atoms with van der Waals surface area (Å²) in [6.07, 6.45) is 6.34. The topological polar surface area (TPSA) is 44.1 Å². The van der Waals surface area contributed by atoms with Gasteiger partial charge in [-0.25, -0.2) is 0 Å². The number of likely N-dealkylation sites (tertiary alicyclic amines) is 1. The Balaban J connectivity index is 2.42. The summed E-state index contributed by atoms with van der Waals surface area (Å²) < 4.78 is 0. The molecule has 1 unspecified atom stereocenters. The zero-order valence-corrected chi connectivity index (χ0v) is 11.1. The van der Waals surface area contributed by atoms with E-state index in [4.69, 9.17) is 5.26 Å². The van der Waals surface area contributed by atoms with Gasteiger partial charge < -0.3 is 4.90 Å². The Labute approximate surface area is 105 Å². The molecular weight excluding hydrogens is 212 g/mol. The fraction of sp³-hybridized carbons (Fsp3) is 0.857. The minimum absolute atomic E-state index is 0.0595. The molecule has 0 aromatic rings. The lowest BCUT2D eigenvalue weighted by molar-refractivity contribution is -0.135. The van der Waals surface area contributed by atoms with E-state index < -0.39 is 5.92 Å². The van der Waals surface area contributed by atoms with Crippen molar-refractivity contribution < 1.29 is 4.79 Å². The number of rotatable bonds is 5. The standard InChI is InChI=1S/C14H24N2O/c1-3-5-12-7-9-16(10-8-12)14(17)13(11-15)6-4-2/h12-13H,3-10H2,1-2H3. The van der Waals surface area contributed by atoms with Crippen molar-refractivity contribution >= 4 is 5.91 Å². The maximum absolute atomic E-state index is 12.1. The maximum Gasteiger partial charge on any atom is 0.239 e. The fourth-order valence-electron chi connectivity index (χ4n) is 2.60. The van der Waals surface area contributed by atoms with E-state index >= 15 is 0 Å². The molecule has 0 spiro atoms. The molecule has 0 aromatic heterocycles. The van der Waals surface area contributed by atoms with Gasteiger partial charge in [0.05, 0.1) is 6.07 Å². The second-order valence-corrected chi connectivity index (χ2v) is 5.03. The third-order valence-corrected chi connectivity index (χ3v) is 3.65. The van der Waals surface area contributed by atoms with Crippen LogP contribution in [0.3, 0.4) is 0 Å². The number of nitrogens with zero attached hydrogens (tertiary/aromatic N) is 2. The Kier molecular flexibility index (Phi) is 6.04. The van der Waals surface area contributed by atoms with Crippen LogP contribution in [0.15, 0.2) is 0 Å². The highest BCUT2D eigenvalue weighted by Crippen LogP contribution is 2.23. The van der Waals surface area contributed by atoms with Crippen LogP contribution in [-0.4, -0.2) is 23.9 Å². The van der Waals surface area contributed by atoms with Crippen molar-refractivity contribution in [1.29, 1.82) is 5.26 Å². The SMILES string of the molecule is CCCC1CCN(C(=O)C(C#N)CCC)CC1. The normalized spacial score (nSPS) is 18.8. The molecule has 0 N–H and O–H groups in total. The van der Waals surface area contributed by atoms with Crippen LogP contribution in [0, 0.1) is 23.2 Å². The van der Waals surface area contributed by atoms with Crippen LogP contribution in [0.1, 0.15) is 52.4 Å². The molecule has 1 amide bonds. The molecule has 1 fully saturated rings. The van der Waals surface area contributed by atoms with Crippen LogP contribution in [0.5, 0.6) is 0 Å². The highest BCUT2D eigenvalue weighted by atomic mass is 16.2. The molecule has 3 heteroatoms. The van der Waals surface area contributed by atoms with Gasteiger partial charge in [0.25, 0.3) is 0 Å². The van der Waals surface area contributed by atoms with E-state index in [2.05, 4.69) is 13.0 Å². The predicted molar refractivity (Wildman–Crippen MR) is 68.2 cm³/mol. The lowest BCUT2D eigenvalue weighted by Crippen LogP contribution is -2.41. The molecule has 1 atom stereocenters. The highest BCUT2D eigenvalue weighted by Gasteiger charge is 2.27. The zero-order chi connectivity index (χ0) is 12.7. The van der Waals surface area contributed by atoms with Crippen LogP contribution in [-0.2, 0) is 4.79 Å². The molecular formula is C14H24N2O. The second kappa shape index (κ2) is 7.32. The quantitative estimate of drug-likeness (QED) is 0.736. The third-order valence-electron chi connectivity index (χ3n) is 3.65. The molecule has 1 heterocycles. The van der Waals surface area contributed by atoms with Crippen molar-refractivity contribution in [2.24, 2.45) is 11.8 Å². The zero-order valence-electron chi connectivity index (χ0n) is 11.1. The lowest BCUT2D eigenvalue weighted by Gasteiger charge is -2.33. The van der Waals surface area contributed by atoms with E-state index in [1.165, 1.54) is 12.8 Å². The first-order valence-electron chi connectivity index (χ1n) is 6.91. The molecule has 1 saturated heterocycles. The van der Waals surface area contributed by atoms with Crippen LogP contribution >= 0.6 is 0 Å². The van der Waals surface area contributed by atoms with E-state index in [0.717, 1.165) is 38.3 Å². The smallest absolute Gasteiger partial charge is 0.239 e. The minimum Gasteiger partial charge on any atom is -0.342 e. The van der Waals surface area contributed by atoms with Gasteiger partial charge in [0.2, 0.25) is 5.91 Å². The minimum atomic E-state index is -0.414. The largest absolute Gasteiger partial charge is 0.342 e. The Hall–Kier alpha value is -1.04. The van der Waals surface area contributed by atoms with Crippen LogP contribution in [0.2, 0.25) is 0 Å². The van der Waals surface area contributed by atoms with Crippen molar-refractivity contribution in [2.75, 3.05) is 13.1 Å². The summed E-state index contributed by atoms with van der Waals surface area (Å²) in [5, 5.41) is 9.00. The molecule has 0 radical (unpaired) electrons. The van der Waals surface area contributed by atoms with Crippen molar-refractivity contribution in [1.82, 2.24) is 4.90 Å². The molecule has 0 aliphatic carbocycles. The van der Waals surface area contributed by atoms with Gasteiger partial charge in [-0.1, -0.05) is 33.1 Å². The number of hydrogen-bond donors (Lipinski definition) is 0. The van der Waals surface area contributed by atoms with Gasteiger partial charge in [-0.15, -0.1) is 0 Å². The van der Waals surface area contributed by atoms with Crippen molar-refractivity contribution in [3.05, 3.63) is 0 Å². The molecule has 1 aliphatic heterocycles. The molecule has 96 valence electrons. The van der Waals surface area contributed by atoms with E-state index in [-0.39, 0.29) is 5.91 Å². The Bertz CT molecular complexity index is 274. The average molecular weight is 236 g/mol. The van der Waals surface area contributed by atoms with Gasteiger partial charge in [-0.05, 0) is 25.2 Å². The lowest BCUT2D eigenvalue weighted by atomic mass is 9.91. The first kappa shape index (κ1) is 14.0. The van der Waals surface area contributed by atoms with Gasteiger partial charge >= 0.3 is 0 Å². The van der Waals surface area contributed by atoms with Gasteiger partial charge in [-0.3, -0.25) is 4.79 Å². The molecule has 1 aliphatic rings. The highest BCUT2D eigenvalue weighted by molar-refractivity contribution is 5.81. The summed E-state index contributed by atoms with van der Waals surface area (Å²) in [5.41, 5.74) is 0. The number of carbonyl (C=O) groups is 1. The van der Waals surface area contributed by atoms with Crippen LogP contribution < -0.4 is 0 Å². The maximum atomic E-state index is 12.1. The van der Waals surface area contributed by atoms with Gasteiger partial charge in [0.15, 0.2) is 0 Å². The summed E-state index contributed by atoms with van der Waals surface area (Å²) in [6.45, 7) is 5.94. The van der Waals surface area contributed by atoms with Gasteiger partial charge in [0, 0.05) is 13.1 Å². The van der Waals surface area contributed by atoms with Crippen molar-refractivity contribution in [2.45, 2.75) is 52.4 Å². The predicted octanol–water partition coefficient (Wildman–Crippen LogP) is 2.96. The second-order valence-electron chi connectivity index (χ2n) is 5.03. The average Bonchev–Trinajstić information content (AvgIpc) is 2.36. The Morgan fingerprint density at radius 2 is 2.00 bits per heavy atom. The van der Waals surface area contributed by atoms with Crippen molar-refractivity contribution in [3.8, 4) is 6.07 Å². The molecule has 0 saturated carbocycles. The summed E-state index contributed by atoms with van der Waals surface area (Å²) >= 11 is 0. The number of amides is 1. The Morgan fingerprint density at radius 1 is 1.35 bits per heavy atom. The van der Waals surface area contributed by atoms with Gasteiger partial charge in [0.1, 0.15) is 5.92 Å².